The first kappa shape index (κ1) is 17.7. The molecule has 3 heterocycles. The van der Waals surface area contributed by atoms with E-state index in [1.54, 1.807) is 35.9 Å². The average molecular weight is 387 g/mol. The molecule has 1 fully saturated rings. The number of anilines is 1. The van der Waals surface area contributed by atoms with Crippen molar-refractivity contribution in [3.8, 4) is 5.75 Å². The number of aryl methyl sites for hydroxylation is 1. The monoisotopic (exact) mass is 387 g/mol. The molecular weight excluding hydrogens is 366 g/mol. The summed E-state index contributed by atoms with van der Waals surface area (Å²) >= 11 is 0. The van der Waals surface area contributed by atoms with Gasteiger partial charge in [-0.25, -0.2) is 13.4 Å². The Kier molecular flexibility index (Phi) is 4.48. The molecule has 0 saturated carbocycles. The highest BCUT2D eigenvalue weighted by atomic mass is 32.2. The predicted octanol–water partition coefficient (Wildman–Crippen LogP) is 1.56. The summed E-state index contributed by atoms with van der Waals surface area (Å²) < 4.78 is 34.2. The van der Waals surface area contributed by atoms with Gasteiger partial charge in [0.2, 0.25) is 10.0 Å². The highest BCUT2D eigenvalue weighted by Gasteiger charge is 2.29. The Labute approximate surface area is 158 Å². The third-order valence-electron chi connectivity index (χ3n) is 4.76. The topological polar surface area (TPSA) is 80.0 Å². The van der Waals surface area contributed by atoms with Crippen LogP contribution in [0.15, 0.2) is 47.6 Å². The zero-order valence-electron chi connectivity index (χ0n) is 15.2. The van der Waals surface area contributed by atoms with Crippen molar-refractivity contribution in [2.24, 2.45) is 0 Å². The molecule has 0 amide bonds. The number of fused-ring (bicyclic) bond motifs is 1. The fraction of sp³-hybridized carbons (Fsp3) is 0.333. The number of aromatic nitrogens is 3. The van der Waals surface area contributed by atoms with Crippen molar-refractivity contribution in [2.45, 2.75) is 11.8 Å². The molecule has 0 N–H and O–H groups in total. The van der Waals surface area contributed by atoms with E-state index in [9.17, 15) is 8.42 Å². The molecule has 0 atom stereocenters. The van der Waals surface area contributed by atoms with Gasteiger partial charge < -0.3 is 9.64 Å². The summed E-state index contributed by atoms with van der Waals surface area (Å²) in [6, 6.07) is 10.5. The van der Waals surface area contributed by atoms with Crippen molar-refractivity contribution in [1.29, 1.82) is 0 Å². The third-order valence-corrected chi connectivity index (χ3v) is 6.68. The van der Waals surface area contributed by atoms with Gasteiger partial charge in [0.25, 0.3) is 0 Å². The van der Waals surface area contributed by atoms with E-state index in [-0.39, 0.29) is 4.90 Å². The lowest BCUT2D eigenvalue weighted by Gasteiger charge is -2.35. The van der Waals surface area contributed by atoms with E-state index in [0.29, 0.717) is 31.9 Å². The Hall–Kier alpha value is -2.65. The molecule has 4 rings (SSSR count). The lowest BCUT2D eigenvalue weighted by Crippen LogP contribution is -2.49. The summed E-state index contributed by atoms with van der Waals surface area (Å²) in [7, 11) is -1.96. The summed E-state index contributed by atoms with van der Waals surface area (Å²) in [6.07, 6.45) is 1.53. The van der Waals surface area contributed by atoms with E-state index in [2.05, 4.69) is 21.0 Å². The summed E-state index contributed by atoms with van der Waals surface area (Å²) in [5.41, 5.74) is 1.89. The first-order valence-electron chi connectivity index (χ1n) is 8.68. The van der Waals surface area contributed by atoms with E-state index in [1.165, 1.54) is 10.6 Å². The minimum atomic E-state index is -3.52. The summed E-state index contributed by atoms with van der Waals surface area (Å²) in [5.74, 6) is 1.57. The summed E-state index contributed by atoms with van der Waals surface area (Å²) in [5, 5.41) is 4.29. The van der Waals surface area contributed by atoms with Crippen molar-refractivity contribution >= 4 is 21.5 Å². The van der Waals surface area contributed by atoms with Gasteiger partial charge in [0, 0.05) is 26.2 Å². The Morgan fingerprint density at radius 2 is 1.74 bits per heavy atom. The Morgan fingerprint density at radius 1 is 1.04 bits per heavy atom. The molecule has 1 aliphatic heterocycles. The van der Waals surface area contributed by atoms with Crippen LogP contribution in [0.25, 0.3) is 5.65 Å². The van der Waals surface area contributed by atoms with Crippen LogP contribution in [0.1, 0.15) is 5.56 Å². The summed E-state index contributed by atoms with van der Waals surface area (Å²) in [4.78, 5) is 6.68. The van der Waals surface area contributed by atoms with Crippen molar-refractivity contribution in [3.63, 3.8) is 0 Å². The molecule has 0 bridgehead atoms. The second-order valence-corrected chi connectivity index (χ2v) is 8.43. The van der Waals surface area contributed by atoms with Crippen LogP contribution in [0.2, 0.25) is 0 Å². The van der Waals surface area contributed by atoms with Gasteiger partial charge in [-0.2, -0.15) is 13.9 Å². The maximum absolute atomic E-state index is 12.9. The van der Waals surface area contributed by atoms with E-state index >= 15 is 0 Å². The van der Waals surface area contributed by atoms with E-state index < -0.39 is 10.0 Å². The van der Waals surface area contributed by atoms with Gasteiger partial charge in [0.1, 0.15) is 17.9 Å². The molecule has 0 unspecified atom stereocenters. The molecule has 3 aromatic rings. The molecule has 8 nitrogen and oxygen atoms in total. The first-order valence-corrected chi connectivity index (χ1v) is 10.1. The number of pyridine rings is 1. The van der Waals surface area contributed by atoms with Crippen LogP contribution in [-0.2, 0) is 10.0 Å². The molecule has 142 valence electrons. The quantitative estimate of drug-likeness (QED) is 0.676. The highest BCUT2D eigenvalue weighted by molar-refractivity contribution is 7.89. The number of benzene rings is 1. The van der Waals surface area contributed by atoms with Gasteiger partial charge in [-0.15, -0.1) is 0 Å². The highest BCUT2D eigenvalue weighted by Crippen LogP contribution is 2.23. The van der Waals surface area contributed by atoms with Crippen LogP contribution < -0.4 is 9.64 Å². The zero-order chi connectivity index (χ0) is 19.0. The molecule has 1 aromatic carbocycles. The Morgan fingerprint density at radius 3 is 2.41 bits per heavy atom. The molecule has 1 aliphatic rings. The second-order valence-electron chi connectivity index (χ2n) is 6.49. The molecule has 9 heteroatoms. The molecule has 0 radical (unpaired) electrons. The van der Waals surface area contributed by atoms with E-state index in [1.807, 2.05) is 13.0 Å². The minimum Gasteiger partial charge on any atom is -0.497 e. The smallest absolute Gasteiger partial charge is 0.243 e. The van der Waals surface area contributed by atoms with Crippen molar-refractivity contribution in [1.82, 2.24) is 18.9 Å². The molecule has 2 aromatic heterocycles. The van der Waals surface area contributed by atoms with Crippen molar-refractivity contribution in [3.05, 3.63) is 48.3 Å². The number of piperazine rings is 1. The number of hydrogen-bond acceptors (Lipinski definition) is 6. The fourth-order valence-electron chi connectivity index (χ4n) is 3.32. The van der Waals surface area contributed by atoms with Crippen LogP contribution in [0, 0.1) is 6.92 Å². The fourth-order valence-corrected chi connectivity index (χ4v) is 4.74. The second kappa shape index (κ2) is 6.82. The SMILES string of the molecule is COc1ccc(S(=O)(=O)N2CCN(c3cc(C)cc4ncnn34)CC2)cc1. The largest absolute Gasteiger partial charge is 0.497 e. The van der Waals surface area contributed by atoms with Crippen LogP contribution in [0.5, 0.6) is 5.75 Å². The van der Waals surface area contributed by atoms with Gasteiger partial charge in [-0.3, -0.25) is 0 Å². The van der Waals surface area contributed by atoms with Gasteiger partial charge in [0.15, 0.2) is 5.65 Å². The third kappa shape index (κ3) is 3.24. The van der Waals surface area contributed by atoms with E-state index in [0.717, 1.165) is 17.0 Å². The summed E-state index contributed by atoms with van der Waals surface area (Å²) in [6.45, 7) is 4.03. The zero-order valence-corrected chi connectivity index (χ0v) is 16.1. The van der Waals surface area contributed by atoms with Crippen LogP contribution >= 0.6 is 0 Å². The average Bonchev–Trinajstić information content (AvgIpc) is 3.16. The lowest BCUT2D eigenvalue weighted by molar-refractivity contribution is 0.382. The molecule has 1 saturated heterocycles. The van der Waals surface area contributed by atoms with Gasteiger partial charge in [-0.1, -0.05) is 0 Å². The van der Waals surface area contributed by atoms with Crippen LogP contribution in [0.3, 0.4) is 0 Å². The Balaban J connectivity index is 1.53. The first-order chi connectivity index (χ1) is 13.0. The van der Waals surface area contributed by atoms with Crippen LogP contribution in [-0.4, -0.2) is 60.6 Å². The number of ether oxygens (including phenoxy) is 1. The van der Waals surface area contributed by atoms with Gasteiger partial charge in [-0.05, 0) is 48.9 Å². The number of sulfonamides is 1. The minimum absolute atomic E-state index is 0.283. The maximum Gasteiger partial charge on any atom is 0.243 e. The normalized spacial score (nSPS) is 16.0. The van der Waals surface area contributed by atoms with Gasteiger partial charge in [0.05, 0.1) is 12.0 Å². The van der Waals surface area contributed by atoms with Crippen molar-refractivity contribution in [2.75, 3.05) is 38.2 Å². The number of rotatable bonds is 4. The molecule has 0 spiro atoms. The van der Waals surface area contributed by atoms with Crippen molar-refractivity contribution < 1.29 is 13.2 Å². The van der Waals surface area contributed by atoms with Crippen LogP contribution in [0.4, 0.5) is 5.82 Å². The maximum atomic E-state index is 12.9. The number of nitrogens with zero attached hydrogens (tertiary/aromatic N) is 5. The number of methoxy groups -OCH3 is 1. The van der Waals surface area contributed by atoms with E-state index in [4.69, 9.17) is 4.74 Å². The molecule has 0 aliphatic carbocycles. The lowest BCUT2D eigenvalue weighted by atomic mass is 10.2. The van der Waals surface area contributed by atoms with Gasteiger partial charge >= 0.3 is 0 Å². The number of hydrogen-bond donors (Lipinski definition) is 0. The standard InChI is InChI=1S/C18H21N5O3S/c1-14-11-17-19-13-20-23(17)18(12-14)21-7-9-22(10-8-21)27(24,25)16-5-3-15(26-2)4-6-16/h3-6,11-13H,7-10H2,1-2H3. The molecule has 27 heavy (non-hydrogen) atoms. The molecular formula is C18H21N5O3S. The predicted molar refractivity (Wildman–Crippen MR) is 102 cm³/mol. The Bertz CT molecular complexity index is 1050.